The zero-order valence-corrected chi connectivity index (χ0v) is 14.8. The van der Waals surface area contributed by atoms with Crippen molar-refractivity contribution in [1.29, 1.82) is 0 Å². The first-order chi connectivity index (χ1) is 11.0. The molecule has 0 radical (unpaired) electrons. The summed E-state index contributed by atoms with van der Waals surface area (Å²) in [4.78, 5) is 14.4. The fraction of sp³-hybridized carbons (Fsp3) is 0.588. The van der Waals surface area contributed by atoms with Crippen LogP contribution >= 0.6 is 0 Å². The van der Waals surface area contributed by atoms with Crippen LogP contribution < -0.4 is 0 Å². The van der Waals surface area contributed by atoms with Gasteiger partial charge in [0.1, 0.15) is 0 Å². The normalized spacial score (nSPS) is 16.3. The van der Waals surface area contributed by atoms with Crippen molar-refractivity contribution in [2.75, 3.05) is 26.7 Å². The number of carbonyl (C=O) groups is 1. The predicted octanol–water partition coefficient (Wildman–Crippen LogP) is 2.73. The number of hydrogen-bond donors (Lipinski definition) is 0. The van der Waals surface area contributed by atoms with E-state index >= 15 is 0 Å². The molecule has 0 spiro atoms. The lowest BCUT2D eigenvalue weighted by Gasteiger charge is -2.27. The smallest absolute Gasteiger partial charge is 0.254 e. The van der Waals surface area contributed by atoms with Crippen LogP contribution in [0.1, 0.15) is 49.4 Å². The number of amides is 1. The van der Waals surface area contributed by atoms with Crippen LogP contribution in [0.3, 0.4) is 0 Å². The quantitative estimate of drug-likeness (QED) is 0.801. The molecule has 5 nitrogen and oxygen atoms in total. The SMILES string of the molecule is CCCCN(C)C(=O)c1ccccc1S(=O)(=O)N1CCCCC1. The van der Waals surface area contributed by atoms with Crippen molar-refractivity contribution in [1.82, 2.24) is 9.21 Å². The van der Waals surface area contributed by atoms with Gasteiger partial charge in [-0.3, -0.25) is 4.79 Å². The van der Waals surface area contributed by atoms with Crippen molar-refractivity contribution in [3.63, 3.8) is 0 Å². The van der Waals surface area contributed by atoms with Gasteiger partial charge in [0.25, 0.3) is 5.91 Å². The molecule has 0 aliphatic carbocycles. The monoisotopic (exact) mass is 338 g/mol. The highest BCUT2D eigenvalue weighted by Crippen LogP contribution is 2.24. The Balaban J connectivity index is 2.31. The Kier molecular flexibility index (Phi) is 6.18. The lowest BCUT2D eigenvalue weighted by atomic mass is 10.2. The van der Waals surface area contributed by atoms with Crippen molar-refractivity contribution in [3.8, 4) is 0 Å². The molecule has 1 saturated heterocycles. The maximum Gasteiger partial charge on any atom is 0.254 e. The van der Waals surface area contributed by atoms with Crippen molar-refractivity contribution in [2.24, 2.45) is 0 Å². The Hall–Kier alpha value is -1.40. The first-order valence-electron chi connectivity index (χ1n) is 8.33. The molecular formula is C17H26N2O3S. The van der Waals surface area contributed by atoms with E-state index in [0.717, 1.165) is 32.1 Å². The molecule has 0 saturated carbocycles. The fourth-order valence-electron chi connectivity index (χ4n) is 2.82. The lowest BCUT2D eigenvalue weighted by Crippen LogP contribution is -2.37. The fourth-order valence-corrected chi connectivity index (χ4v) is 4.52. The largest absolute Gasteiger partial charge is 0.342 e. The number of piperidine rings is 1. The maximum atomic E-state index is 12.9. The minimum absolute atomic E-state index is 0.134. The standard InChI is InChI=1S/C17H26N2O3S/c1-3-4-12-18(2)17(20)15-10-6-7-11-16(15)23(21,22)19-13-8-5-9-14-19/h6-7,10-11H,3-5,8-9,12-14H2,1-2H3. The average Bonchev–Trinajstić information content (AvgIpc) is 2.59. The third-order valence-electron chi connectivity index (χ3n) is 4.24. The highest BCUT2D eigenvalue weighted by molar-refractivity contribution is 7.89. The summed E-state index contributed by atoms with van der Waals surface area (Å²) in [6.07, 6.45) is 4.72. The Morgan fingerprint density at radius 2 is 1.83 bits per heavy atom. The third kappa shape index (κ3) is 4.12. The van der Waals surface area contributed by atoms with E-state index in [1.54, 1.807) is 36.2 Å². The van der Waals surface area contributed by atoms with E-state index in [1.165, 1.54) is 4.31 Å². The van der Waals surface area contributed by atoms with Crippen LogP contribution in [-0.2, 0) is 10.0 Å². The molecule has 1 amide bonds. The molecule has 0 atom stereocenters. The number of rotatable bonds is 6. The van der Waals surface area contributed by atoms with Crippen molar-refractivity contribution in [2.45, 2.75) is 43.9 Å². The van der Waals surface area contributed by atoms with E-state index < -0.39 is 10.0 Å². The molecule has 1 aromatic carbocycles. The van der Waals surface area contributed by atoms with Gasteiger partial charge in [-0.05, 0) is 31.4 Å². The van der Waals surface area contributed by atoms with E-state index in [9.17, 15) is 13.2 Å². The van der Waals surface area contributed by atoms with Gasteiger partial charge in [0.15, 0.2) is 0 Å². The molecule has 1 aromatic rings. The summed E-state index contributed by atoms with van der Waals surface area (Å²) in [5.41, 5.74) is 0.275. The van der Waals surface area contributed by atoms with Crippen molar-refractivity contribution < 1.29 is 13.2 Å². The predicted molar refractivity (Wildman–Crippen MR) is 90.9 cm³/mol. The van der Waals surface area contributed by atoms with Crippen LogP contribution in [-0.4, -0.2) is 50.2 Å². The Morgan fingerprint density at radius 1 is 1.17 bits per heavy atom. The summed E-state index contributed by atoms with van der Waals surface area (Å²) in [5, 5.41) is 0. The summed E-state index contributed by atoms with van der Waals surface area (Å²) in [5.74, 6) is -0.227. The van der Waals surface area contributed by atoms with Crippen LogP contribution in [0.4, 0.5) is 0 Å². The molecule has 0 N–H and O–H groups in total. The van der Waals surface area contributed by atoms with Crippen LogP contribution in [0, 0.1) is 0 Å². The van der Waals surface area contributed by atoms with Crippen LogP contribution in [0.2, 0.25) is 0 Å². The minimum atomic E-state index is -3.61. The molecular weight excluding hydrogens is 312 g/mol. The first-order valence-corrected chi connectivity index (χ1v) is 9.77. The van der Waals surface area contributed by atoms with Gasteiger partial charge in [-0.2, -0.15) is 4.31 Å². The van der Waals surface area contributed by atoms with E-state index in [2.05, 4.69) is 6.92 Å². The zero-order valence-electron chi connectivity index (χ0n) is 14.0. The van der Waals surface area contributed by atoms with E-state index in [1.807, 2.05) is 0 Å². The molecule has 0 bridgehead atoms. The number of benzene rings is 1. The first kappa shape index (κ1) is 17.9. The van der Waals surface area contributed by atoms with Gasteiger partial charge in [0.2, 0.25) is 10.0 Å². The molecule has 23 heavy (non-hydrogen) atoms. The number of carbonyl (C=O) groups excluding carboxylic acids is 1. The Morgan fingerprint density at radius 3 is 2.48 bits per heavy atom. The van der Waals surface area contributed by atoms with Gasteiger partial charge in [0, 0.05) is 26.7 Å². The number of sulfonamides is 1. The average molecular weight is 338 g/mol. The summed E-state index contributed by atoms with van der Waals surface area (Å²) in [6.45, 7) is 3.77. The van der Waals surface area contributed by atoms with Crippen LogP contribution in [0.5, 0.6) is 0 Å². The van der Waals surface area contributed by atoms with Crippen molar-refractivity contribution in [3.05, 3.63) is 29.8 Å². The number of hydrogen-bond acceptors (Lipinski definition) is 3. The van der Waals surface area contributed by atoms with Gasteiger partial charge in [-0.15, -0.1) is 0 Å². The molecule has 1 heterocycles. The van der Waals surface area contributed by atoms with Crippen LogP contribution in [0.15, 0.2) is 29.2 Å². The topological polar surface area (TPSA) is 57.7 Å². The minimum Gasteiger partial charge on any atom is -0.342 e. The molecule has 0 unspecified atom stereocenters. The zero-order chi connectivity index (χ0) is 16.9. The summed E-state index contributed by atoms with van der Waals surface area (Å²) >= 11 is 0. The summed E-state index contributed by atoms with van der Waals surface area (Å²) in [7, 11) is -1.88. The van der Waals surface area contributed by atoms with E-state index in [0.29, 0.717) is 19.6 Å². The highest BCUT2D eigenvalue weighted by atomic mass is 32.2. The molecule has 0 aromatic heterocycles. The molecule has 128 valence electrons. The van der Waals surface area contributed by atoms with Crippen molar-refractivity contribution >= 4 is 15.9 Å². The van der Waals surface area contributed by atoms with Gasteiger partial charge >= 0.3 is 0 Å². The molecule has 1 aliphatic rings. The van der Waals surface area contributed by atoms with E-state index in [4.69, 9.17) is 0 Å². The summed E-state index contributed by atoms with van der Waals surface area (Å²) in [6, 6.07) is 6.56. The molecule has 1 fully saturated rings. The van der Waals surface area contributed by atoms with Gasteiger partial charge < -0.3 is 4.90 Å². The second-order valence-corrected chi connectivity index (χ2v) is 7.95. The number of nitrogens with zero attached hydrogens (tertiary/aromatic N) is 2. The van der Waals surface area contributed by atoms with Crippen LogP contribution in [0.25, 0.3) is 0 Å². The third-order valence-corrected chi connectivity index (χ3v) is 6.20. The second kappa shape index (κ2) is 7.93. The van der Waals surface area contributed by atoms with Gasteiger partial charge in [-0.1, -0.05) is 31.9 Å². The van der Waals surface area contributed by atoms with Gasteiger partial charge in [-0.25, -0.2) is 8.42 Å². The molecule has 2 rings (SSSR count). The second-order valence-electron chi connectivity index (χ2n) is 6.04. The highest BCUT2D eigenvalue weighted by Gasteiger charge is 2.30. The Labute approximate surface area is 139 Å². The Bertz CT molecular complexity index is 637. The summed E-state index contributed by atoms with van der Waals surface area (Å²) < 4.78 is 27.3. The lowest BCUT2D eigenvalue weighted by molar-refractivity contribution is 0.0789. The number of unbranched alkanes of at least 4 members (excludes halogenated alkanes) is 1. The van der Waals surface area contributed by atoms with E-state index in [-0.39, 0.29) is 16.4 Å². The van der Waals surface area contributed by atoms with Gasteiger partial charge in [0.05, 0.1) is 10.5 Å². The maximum absolute atomic E-state index is 12.9. The molecule has 6 heteroatoms. The molecule has 1 aliphatic heterocycles.